The predicted octanol–water partition coefficient (Wildman–Crippen LogP) is 2.71. The number of H-pyrrole nitrogens is 1. The Hall–Kier alpha value is -2.60. The Balaban J connectivity index is 1.69. The van der Waals surface area contributed by atoms with Crippen LogP contribution in [0.3, 0.4) is 0 Å². The lowest BCUT2D eigenvalue weighted by Crippen LogP contribution is -2.34. The first-order valence-corrected chi connectivity index (χ1v) is 7.51. The molecule has 0 aliphatic carbocycles. The molecule has 0 spiro atoms. The van der Waals surface area contributed by atoms with Gasteiger partial charge in [-0.15, -0.1) is 0 Å². The fraction of sp³-hybridized carbons (Fsp3) is 0.294. The molecule has 1 amide bonds. The van der Waals surface area contributed by atoms with Gasteiger partial charge in [-0.2, -0.15) is 5.10 Å². The van der Waals surface area contributed by atoms with Gasteiger partial charge < -0.3 is 14.8 Å². The van der Waals surface area contributed by atoms with Crippen LogP contribution in [-0.2, 0) is 0 Å². The summed E-state index contributed by atoms with van der Waals surface area (Å²) < 4.78 is 5.16. The number of rotatable bonds is 5. The summed E-state index contributed by atoms with van der Waals surface area (Å²) in [4.78, 5) is 12.4. The molecule has 2 heterocycles. The van der Waals surface area contributed by atoms with Crippen molar-refractivity contribution in [2.75, 3.05) is 0 Å². The summed E-state index contributed by atoms with van der Waals surface area (Å²) in [6.07, 6.45) is 1.12. The molecule has 2 atom stereocenters. The molecule has 3 rings (SSSR count). The molecule has 0 saturated carbocycles. The molecule has 1 aromatic carbocycles. The lowest BCUT2D eigenvalue weighted by Gasteiger charge is -2.16. The number of nitrogens with zero attached hydrogens (tertiary/aromatic N) is 1. The maximum Gasteiger partial charge on any atom is 0.272 e. The number of aromatic nitrogens is 2. The fourth-order valence-corrected chi connectivity index (χ4v) is 2.58. The Morgan fingerprint density at radius 3 is 3.00 bits per heavy atom. The normalized spacial score (nSPS) is 13.9. The number of fused-ring (bicyclic) bond motifs is 1. The molecular formula is C17H19N3O3. The number of benzene rings is 1. The summed E-state index contributed by atoms with van der Waals surface area (Å²) in [6, 6.07) is 9.00. The number of amides is 1. The Labute approximate surface area is 133 Å². The number of aliphatic hydroxyl groups is 1. The van der Waals surface area contributed by atoms with E-state index in [-0.39, 0.29) is 11.9 Å². The van der Waals surface area contributed by atoms with E-state index in [0.29, 0.717) is 17.9 Å². The van der Waals surface area contributed by atoms with E-state index < -0.39 is 6.10 Å². The molecule has 0 radical (unpaired) electrons. The predicted molar refractivity (Wildman–Crippen MR) is 86.0 cm³/mol. The van der Waals surface area contributed by atoms with E-state index in [1.807, 2.05) is 32.0 Å². The Kier molecular flexibility index (Phi) is 4.16. The van der Waals surface area contributed by atoms with E-state index in [2.05, 4.69) is 15.5 Å². The maximum atomic E-state index is 12.4. The van der Waals surface area contributed by atoms with E-state index in [9.17, 15) is 9.90 Å². The van der Waals surface area contributed by atoms with Crippen LogP contribution in [0.5, 0.6) is 0 Å². The first kappa shape index (κ1) is 15.3. The van der Waals surface area contributed by atoms with Crippen LogP contribution in [0, 0.1) is 6.92 Å². The van der Waals surface area contributed by atoms with Gasteiger partial charge in [0.15, 0.2) is 5.69 Å². The fourth-order valence-electron chi connectivity index (χ4n) is 2.58. The minimum absolute atomic E-state index is 0.223. The first-order valence-electron chi connectivity index (χ1n) is 7.51. The Morgan fingerprint density at radius 1 is 1.43 bits per heavy atom. The summed E-state index contributed by atoms with van der Waals surface area (Å²) in [6.45, 7) is 3.81. The summed E-state index contributed by atoms with van der Waals surface area (Å²) >= 11 is 0. The van der Waals surface area contributed by atoms with Gasteiger partial charge in [-0.25, -0.2) is 0 Å². The summed E-state index contributed by atoms with van der Waals surface area (Å²) in [5, 5.41) is 20.7. The van der Waals surface area contributed by atoms with Crippen molar-refractivity contribution in [1.29, 1.82) is 0 Å². The zero-order valence-electron chi connectivity index (χ0n) is 13.0. The van der Waals surface area contributed by atoms with Crippen LogP contribution < -0.4 is 5.32 Å². The van der Waals surface area contributed by atoms with E-state index in [0.717, 1.165) is 16.5 Å². The van der Waals surface area contributed by atoms with Crippen molar-refractivity contribution in [2.45, 2.75) is 32.4 Å². The molecule has 6 nitrogen and oxygen atoms in total. The van der Waals surface area contributed by atoms with Gasteiger partial charge >= 0.3 is 0 Å². The van der Waals surface area contributed by atoms with Gasteiger partial charge in [0.1, 0.15) is 11.9 Å². The van der Waals surface area contributed by atoms with Crippen LogP contribution in [-0.4, -0.2) is 27.3 Å². The first-order chi connectivity index (χ1) is 11.0. The molecule has 2 unspecified atom stereocenters. The van der Waals surface area contributed by atoms with E-state index in [1.165, 1.54) is 6.26 Å². The number of aryl methyl sites for hydroxylation is 1. The number of hydrogen-bond acceptors (Lipinski definition) is 4. The van der Waals surface area contributed by atoms with E-state index in [4.69, 9.17) is 4.42 Å². The monoisotopic (exact) mass is 313 g/mol. The van der Waals surface area contributed by atoms with Crippen molar-refractivity contribution in [1.82, 2.24) is 15.5 Å². The van der Waals surface area contributed by atoms with Gasteiger partial charge in [0.05, 0.1) is 11.8 Å². The molecule has 0 aliphatic heterocycles. The largest absolute Gasteiger partial charge is 0.467 e. The smallest absolute Gasteiger partial charge is 0.272 e. The van der Waals surface area contributed by atoms with Crippen LogP contribution in [0.25, 0.3) is 10.9 Å². The van der Waals surface area contributed by atoms with Gasteiger partial charge in [0.2, 0.25) is 0 Å². The lowest BCUT2D eigenvalue weighted by molar-refractivity contribution is 0.0900. The minimum atomic E-state index is -0.751. The van der Waals surface area contributed by atoms with Crippen molar-refractivity contribution >= 4 is 16.8 Å². The number of carbonyl (C=O) groups is 1. The van der Waals surface area contributed by atoms with Crippen molar-refractivity contribution in [3.63, 3.8) is 0 Å². The SMILES string of the molecule is Cc1ccc2[nH]nc(C(=O)NC(C)CC(O)c3ccco3)c2c1. The molecule has 3 N–H and O–H groups in total. The van der Waals surface area contributed by atoms with E-state index >= 15 is 0 Å². The van der Waals surface area contributed by atoms with Gasteiger partial charge in [0.25, 0.3) is 5.91 Å². The third-order valence-corrected chi connectivity index (χ3v) is 3.76. The Morgan fingerprint density at radius 2 is 2.26 bits per heavy atom. The third kappa shape index (κ3) is 3.27. The van der Waals surface area contributed by atoms with Crippen LogP contribution in [0.15, 0.2) is 41.0 Å². The molecule has 0 saturated heterocycles. The van der Waals surface area contributed by atoms with Gasteiger partial charge in [-0.3, -0.25) is 9.89 Å². The molecule has 120 valence electrons. The van der Waals surface area contributed by atoms with Gasteiger partial charge in [0, 0.05) is 17.8 Å². The lowest BCUT2D eigenvalue weighted by atomic mass is 10.1. The molecule has 3 aromatic rings. The Bertz CT molecular complexity index is 808. The zero-order valence-corrected chi connectivity index (χ0v) is 13.0. The topological polar surface area (TPSA) is 91.2 Å². The highest BCUT2D eigenvalue weighted by Crippen LogP contribution is 2.20. The standard InChI is InChI=1S/C17H19N3O3/c1-10-5-6-13-12(8-10)16(20-19-13)17(22)18-11(2)9-14(21)15-4-3-7-23-15/h3-8,11,14,21H,9H2,1-2H3,(H,18,22)(H,19,20). The average molecular weight is 313 g/mol. The van der Waals surface area contributed by atoms with E-state index in [1.54, 1.807) is 12.1 Å². The number of furan rings is 1. The highest BCUT2D eigenvalue weighted by Gasteiger charge is 2.19. The van der Waals surface area contributed by atoms with Crippen LogP contribution >= 0.6 is 0 Å². The third-order valence-electron chi connectivity index (χ3n) is 3.76. The average Bonchev–Trinajstić information content (AvgIpc) is 3.16. The molecular weight excluding hydrogens is 294 g/mol. The van der Waals surface area contributed by atoms with Gasteiger partial charge in [-0.1, -0.05) is 11.6 Å². The van der Waals surface area contributed by atoms with Crippen LogP contribution in [0.1, 0.15) is 41.3 Å². The summed E-state index contributed by atoms with van der Waals surface area (Å²) in [5.41, 5.74) is 2.25. The molecule has 6 heteroatoms. The highest BCUT2D eigenvalue weighted by atomic mass is 16.4. The summed E-state index contributed by atoms with van der Waals surface area (Å²) in [7, 11) is 0. The van der Waals surface area contributed by atoms with Gasteiger partial charge in [-0.05, 0) is 38.1 Å². The second kappa shape index (κ2) is 6.26. The van der Waals surface area contributed by atoms with Crippen molar-refractivity contribution in [2.24, 2.45) is 0 Å². The molecule has 23 heavy (non-hydrogen) atoms. The maximum absolute atomic E-state index is 12.4. The molecule has 0 fully saturated rings. The number of aromatic amines is 1. The molecule has 2 aromatic heterocycles. The van der Waals surface area contributed by atoms with Crippen molar-refractivity contribution < 1.29 is 14.3 Å². The minimum Gasteiger partial charge on any atom is -0.467 e. The number of carbonyl (C=O) groups excluding carboxylic acids is 1. The quantitative estimate of drug-likeness (QED) is 0.675. The van der Waals surface area contributed by atoms with Crippen LogP contribution in [0.2, 0.25) is 0 Å². The second-order valence-electron chi connectivity index (χ2n) is 5.76. The number of hydrogen-bond donors (Lipinski definition) is 3. The zero-order chi connectivity index (χ0) is 16.4. The molecule has 0 bridgehead atoms. The number of nitrogens with one attached hydrogen (secondary N) is 2. The van der Waals surface area contributed by atoms with Crippen molar-refractivity contribution in [3.8, 4) is 0 Å². The highest BCUT2D eigenvalue weighted by molar-refractivity contribution is 6.04. The number of aliphatic hydroxyl groups excluding tert-OH is 1. The molecule has 0 aliphatic rings. The van der Waals surface area contributed by atoms with Crippen LogP contribution in [0.4, 0.5) is 0 Å². The summed E-state index contributed by atoms with van der Waals surface area (Å²) in [5.74, 6) is 0.230. The second-order valence-corrected chi connectivity index (χ2v) is 5.76. The van der Waals surface area contributed by atoms with Crippen molar-refractivity contribution in [3.05, 3.63) is 53.6 Å².